The largest absolute Gasteiger partial charge is 0.339 e. The van der Waals surface area contributed by atoms with Gasteiger partial charge in [-0.2, -0.15) is 4.98 Å². The van der Waals surface area contributed by atoms with Crippen molar-refractivity contribution in [1.82, 2.24) is 15.2 Å². The molecule has 2 aliphatic rings. The molecule has 0 spiro atoms. The van der Waals surface area contributed by atoms with Crippen molar-refractivity contribution in [2.24, 2.45) is 11.7 Å². The topological polar surface area (TPSA) is 70.8 Å². The molecule has 0 bridgehead atoms. The van der Waals surface area contributed by atoms with E-state index in [0.29, 0.717) is 11.8 Å². The highest BCUT2D eigenvalue weighted by Crippen LogP contribution is 2.38. The second-order valence-corrected chi connectivity index (χ2v) is 6.17. The van der Waals surface area contributed by atoms with Gasteiger partial charge in [-0.25, -0.2) is 0 Å². The maximum atomic E-state index is 5.81. The summed E-state index contributed by atoms with van der Waals surface area (Å²) in [7, 11) is 0. The van der Waals surface area contributed by atoms with Crippen LogP contribution in [0.1, 0.15) is 35.7 Å². The van der Waals surface area contributed by atoms with Gasteiger partial charge in [0, 0.05) is 19.0 Å². The molecule has 3 N–H and O–H groups in total. The van der Waals surface area contributed by atoms with Crippen molar-refractivity contribution in [3.05, 3.63) is 41.2 Å². The molecule has 21 heavy (non-hydrogen) atoms. The van der Waals surface area contributed by atoms with Crippen LogP contribution in [0.15, 0.2) is 24.3 Å². The number of piperidine rings is 1. The molecule has 1 aliphatic heterocycles. The summed E-state index contributed by atoms with van der Waals surface area (Å²) in [5.41, 5.74) is 8.63. The summed E-state index contributed by atoms with van der Waals surface area (Å²) in [4.78, 5) is 7.01. The van der Waals surface area contributed by atoms with Crippen LogP contribution < -0.4 is 10.6 Å². The van der Waals surface area contributed by atoms with E-state index in [0.717, 1.165) is 37.8 Å². The normalized spacial score (nSPS) is 24.5. The molecule has 1 aromatic carbocycles. The number of anilines is 1. The van der Waals surface area contributed by atoms with Crippen molar-refractivity contribution in [2.75, 3.05) is 24.5 Å². The highest BCUT2D eigenvalue weighted by Gasteiger charge is 2.30. The Hall–Kier alpha value is -1.88. The van der Waals surface area contributed by atoms with E-state index in [2.05, 4.69) is 39.4 Å². The van der Waals surface area contributed by atoms with E-state index in [1.807, 2.05) is 0 Å². The van der Waals surface area contributed by atoms with Gasteiger partial charge in [0.25, 0.3) is 0 Å². The second-order valence-electron chi connectivity index (χ2n) is 6.17. The van der Waals surface area contributed by atoms with Crippen LogP contribution in [0.4, 0.5) is 5.95 Å². The number of fused-ring (bicyclic) bond motifs is 1. The lowest BCUT2D eigenvalue weighted by molar-refractivity contribution is 0.419. The Morgan fingerprint density at radius 3 is 3.10 bits per heavy atom. The molecule has 1 saturated heterocycles. The molecule has 0 radical (unpaired) electrons. The van der Waals surface area contributed by atoms with Crippen molar-refractivity contribution in [3.8, 4) is 0 Å². The Kier molecular flexibility index (Phi) is 3.15. The third-order valence-corrected chi connectivity index (χ3v) is 4.81. The first-order valence-electron chi connectivity index (χ1n) is 7.80. The average Bonchev–Trinajstić information content (AvgIpc) is 2.98. The van der Waals surface area contributed by atoms with E-state index < -0.39 is 0 Å². The third-order valence-electron chi connectivity index (χ3n) is 4.81. The van der Waals surface area contributed by atoms with Crippen molar-refractivity contribution in [2.45, 2.75) is 25.2 Å². The summed E-state index contributed by atoms with van der Waals surface area (Å²) in [6.45, 7) is 2.77. The van der Waals surface area contributed by atoms with Crippen LogP contribution in [-0.4, -0.2) is 34.8 Å². The van der Waals surface area contributed by atoms with Gasteiger partial charge in [-0.15, -0.1) is 5.10 Å². The number of hydrogen-bond donors (Lipinski definition) is 2. The summed E-state index contributed by atoms with van der Waals surface area (Å²) >= 11 is 0. The molecule has 2 atom stereocenters. The molecule has 1 aliphatic carbocycles. The van der Waals surface area contributed by atoms with Gasteiger partial charge in [0.1, 0.15) is 5.82 Å². The monoisotopic (exact) mass is 283 g/mol. The third kappa shape index (κ3) is 2.21. The number of rotatable bonds is 3. The number of nitrogens with two attached hydrogens (primary N) is 1. The van der Waals surface area contributed by atoms with E-state index in [1.165, 1.54) is 24.0 Å². The quantitative estimate of drug-likeness (QED) is 0.899. The van der Waals surface area contributed by atoms with Crippen LogP contribution in [0.2, 0.25) is 0 Å². The van der Waals surface area contributed by atoms with E-state index in [1.54, 1.807) is 0 Å². The first kappa shape index (κ1) is 12.8. The molecular formula is C16H21N5. The number of benzene rings is 1. The minimum atomic E-state index is 0.387. The summed E-state index contributed by atoms with van der Waals surface area (Å²) in [6, 6.07) is 8.58. The molecule has 4 rings (SSSR count). The van der Waals surface area contributed by atoms with E-state index in [-0.39, 0.29) is 0 Å². The van der Waals surface area contributed by atoms with Crippen molar-refractivity contribution >= 4 is 5.95 Å². The van der Waals surface area contributed by atoms with Gasteiger partial charge < -0.3 is 10.6 Å². The standard InChI is InChI=1S/C16H21N5/c17-9-11-4-3-7-21(10-11)16-18-15(19-20-16)14-8-12-5-1-2-6-13(12)14/h1-2,5-6,11,14H,3-4,7-10,17H2,(H,18,19,20). The average molecular weight is 283 g/mol. The fourth-order valence-corrected chi connectivity index (χ4v) is 3.50. The fraction of sp³-hybridized carbons (Fsp3) is 0.500. The van der Waals surface area contributed by atoms with Crippen molar-refractivity contribution in [3.63, 3.8) is 0 Å². The highest BCUT2D eigenvalue weighted by atomic mass is 15.4. The molecular weight excluding hydrogens is 262 g/mol. The molecule has 1 aromatic heterocycles. The van der Waals surface area contributed by atoms with Crippen LogP contribution in [-0.2, 0) is 6.42 Å². The SMILES string of the molecule is NCC1CCCN(c2n[nH]c(C3Cc4ccccc43)n2)C1. The lowest BCUT2D eigenvalue weighted by atomic mass is 9.77. The molecule has 0 amide bonds. The van der Waals surface area contributed by atoms with Gasteiger partial charge in [-0.1, -0.05) is 24.3 Å². The number of aromatic nitrogens is 3. The van der Waals surface area contributed by atoms with Crippen LogP contribution in [0, 0.1) is 5.92 Å². The maximum absolute atomic E-state index is 5.81. The smallest absolute Gasteiger partial charge is 0.244 e. The van der Waals surface area contributed by atoms with E-state index in [9.17, 15) is 0 Å². The number of hydrogen-bond acceptors (Lipinski definition) is 4. The van der Waals surface area contributed by atoms with Crippen LogP contribution in [0.3, 0.4) is 0 Å². The van der Waals surface area contributed by atoms with Crippen LogP contribution >= 0.6 is 0 Å². The van der Waals surface area contributed by atoms with Crippen molar-refractivity contribution in [1.29, 1.82) is 0 Å². The van der Waals surface area contributed by atoms with Gasteiger partial charge >= 0.3 is 0 Å². The minimum absolute atomic E-state index is 0.387. The van der Waals surface area contributed by atoms with Gasteiger partial charge in [0.15, 0.2) is 0 Å². The number of aromatic amines is 1. The summed E-state index contributed by atoms with van der Waals surface area (Å²) in [5.74, 6) is 2.80. The minimum Gasteiger partial charge on any atom is -0.339 e. The zero-order valence-electron chi connectivity index (χ0n) is 12.1. The fourth-order valence-electron chi connectivity index (χ4n) is 3.50. The Morgan fingerprint density at radius 2 is 2.24 bits per heavy atom. The lowest BCUT2D eigenvalue weighted by Crippen LogP contribution is -2.39. The Labute approximate surface area is 124 Å². The van der Waals surface area contributed by atoms with Crippen LogP contribution in [0.25, 0.3) is 0 Å². The van der Waals surface area contributed by atoms with Gasteiger partial charge in [0.2, 0.25) is 5.95 Å². The predicted octanol–water partition coefficient (Wildman–Crippen LogP) is 1.67. The van der Waals surface area contributed by atoms with Gasteiger partial charge in [0.05, 0.1) is 0 Å². The molecule has 1 fully saturated rings. The molecule has 110 valence electrons. The Bertz CT molecular complexity index is 635. The van der Waals surface area contributed by atoms with E-state index in [4.69, 9.17) is 10.7 Å². The second kappa shape index (κ2) is 5.15. The van der Waals surface area contributed by atoms with Gasteiger partial charge in [-0.05, 0) is 42.9 Å². The number of H-pyrrole nitrogens is 1. The zero-order chi connectivity index (χ0) is 14.2. The molecule has 5 nitrogen and oxygen atoms in total. The summed E-state index contributed by atoms with van der Waals surface area (Å²) < 4.78 is 0. The Balaban J connectivity index is 1.52. The summed E-state index contributed by atoms with van der Waals surface area (Å²) in [6.07, 6.45) is 3.47. The molecule has 5 heteroatoms. The molecule has 0 saturated carbocycles. The molecule has 2 unspecified atom stereocenters. The number of nitrogens with one attached hydrogen (secondary N) is 1. The lowest BCUT2D eigenvalue weighted by Gasteiger charge is -2.31. The molecule has 2 aromatic rings. The summed E-state index contributed by atoms with van der Waals surface area (Å²) in [5, 5.41) is 7.58. The van der Waals surface area contributed by atoms with Crippen LogP contribution in [0.5, 0.6) is 0 Å². The first-order valence-corrected chi connectivity index (χ1v) is 7.80. The maximum Gasteiger partial charge on any atom is 0.244 e. The zero-order valence-corrected chi connectivity index (χ0v) is 12.1. The predicted molar refractivity (Wildman–Crippen MR) is 82.4 cm³/mol. The first-order chi connectivity index (χ1) is 10.3. The van der Waals surface area contributed by atoms with Crippen molar-refractivity contribution < 1.29 is 0 Å². The van der Waals surface area contributed by atoms with E-state index >= 15 is 0 Å². The number of nitrogens with zero attached hydrogens (tertiary/aromatic N) is 3. The molecule has 2 heterocycles. The Morgan fingerprint density at radius 1 is 1.33 bits per heavy atom. The highest BCUT2D eigenvalue weighted by molar-refractivity contribution is 5.45. The van der Waals surface area contributed by atoms with Gasteiger partial charge in [-0.3, -0.25) is 5.10 Å².